The summed E-state index contributed by atoms with van der Waals surface area (Å²) < 4.78 is 10.5. The first-order valence-electron chi connectivity index (χ1n) is 8.25. The quantitative estimate of drug-likeness (QED) is 0.614. The fourth-order valence-corrected chi connectivity index (χ4v) is 2.50. The van der Waals surface area contributed by atoms with Crippen molar-refractivity contribution >= 4 is 12.0 Å². The Kier molecular flexibility index (Phi) is 6.81. The molecule has 0 aromatic heterocycles. The van der Waals surface area contributed by atoms with Crippen molar-refractivity contribution in [1.29, 1.82) is 5.26 Å². The summed E-state index contributed by atoms with van der Waals surface area (Å²) in [5.74, 6) is 0.929. The standard InChI is InChI=1S/C21H22N2O3/c1-15-6-4-5-7-17(15)13-18(14-22)21(24)23-11-10-16-8-9-19(25-2)20(12-16)26-3/h4-9,12-13H,10-11H2,1-3H3,(H,23,24)/b18-13+. The first-order chi connectivity index (χ1) is 12.6. The Labute approximate surface area is 153 Å². The van der Waals surface area contributed by atoms with Crippen LogP contribution in [0.4, 0.5) is 0 Å². The molecule has 0 saturated heterocycles. The fourth-order valence-electron chi connectivity index (χ4n) is 2.50. The lowest BCUT2D eigenvalue weighted by Gasteiger charge is -2.10. The Morgan fingerprint density at radius 2 is 1.88 bits per heavy atom. The van der Waals surface area contributed by atoms with E-state index in [4.69, 9.17) is 9.47 Å². The van der Waals surface area contributed by atoms with E-state index >= 15 is 0 Å². The van der Waals surface area contributed by atoms with Crippen LogP contribution in [0.3, 0.4) is 0 Å². The summed E-state index contributed by atoms with van der Waals surface area (Å²) in [7, 11) is 3.17. The number of rotatable bonds is 7. The summed E-state index contributed by atoms with van der Waals surface area (Å²) in [5.41, 5.74) is 2.97. The molecule has 26 heavy (non-hydrogen) atoms. The van der Waals surface area contributed by atoms with Gasteiger partial charge in [0.25, 0.3) is 5.91 Å². The first kappa shape index (κ1) is 19.1. The number of ether oxygens (including phenoxy) is 2. The molecular formula is C21H22N2O3. The molecule has 0 radical (unpaired) electrons. The van der Waals surface area contributed by atoms with Gasteiger partial charge in [0.1, 0.15) is 11.6 Å². The van der Waals surface area contributed by atoms with Gasteiger partial charge < -0.3 is 14.8 Å². The molecule has 0 unspecified atom stereocenters. The Balaban J connectivity index is 1.99. The number of nitrogens with one attached hydrogen (secondary N) is 1. The van der Waals surface area contributed by atoms with Crippen molar-refractivity contribution < 1.29 is 14.3 Å². The number of nitrogens with zero attached hydrogens (tertiary/aromatic N) is 1. The number of carbonyl (C=O) groups excluding carboxylic acids is 1. The normalized spacial score (nSPS) is 10.8. The first-order valence-corrected chi connectivity index (χ1v) is 8.25. The molecule has 0 aliphatic heterocycles. The predicted octanol–water partition coefficient (Wildman–Crippen LogP) is 3.28. The Morgan fingerprint density at radius 3 is 2.54 bits per heavy atom. The van der Waals surface area contributed by atoms with Crippen LogP contribution in [0.2, 0.25) is 0 Å². The van der Waals surface area contributed by atoms with Crippen LogP contribution in [0, 0.1) is 18.3 Å². The largest absolute Gasteiger partial charge is 0.493 e. The van der Waals surface area contributed by atoms with Gasteiger partial charge in [-0.25, -0.2) is 0 Å². The Morgan fingerprint density at radius 1 is 1.15 bits per heavy atom. The van der Waals surface area contributed by atoms with Crippen LogP contribution in [0.15, 0.2) is 48.0 Å². The monoisotopic (exact) mass is 350 g/mol. The third-order valence-corrected chi connectivity index (χ3v) is 4.00. The molecule has 0 bridgehead atoms. The summed E-state index contributed by atoms with van der Waals surface area (Å²) in [4.78, 5) is 12.3. The third-order valence-electron chi connectivity index (χ3n) is 4.00. The van der Waals surface area contributed by atoms with Crippen molar-refractivity contribution in [1.82, 2.24) is 5.32 Å². The molecule has 5 nitrogen and oxygen atoms in total. The number of nitriles is 1. The smallest absolute Gasteiger partial charge is 0.261 e. The van der Waals surface area contributed by atoms with Crippen LogP contribution in [0.1, 0.15) is 16.7 Å². The zero-order valence-electron chi connectivity index (χ0n) is 15.2. The third kappa shape index (κ3) is 4.87. The molecule has 0 fully saturated rings. The van der Waals surface area contributed by atoms with E-state index in [9.17, 15) is 10.1 Å². The molecule has 2 aromatic rings. The van der Waals surface area contributed by atoms with Crippen molar-refractivity contribution in [2.75, 3.05) is 20.8 Å². The Bertz CT molecular complexity index is 851. The molecular weight excluding hydrogens is 328 g/mol. The highest BCUT2D eigenvalue weighted by molar-refractivity contribution is 6.01. The molecule has 0 spiro atoms. The van der Waals surface area contributed by atoms with Gasteiger partial charge in [-0.3, -0.25) is 4.79 Å². The molecule has 2 rings (SSSR count). The van der Waals surface area contributed by atoms with Gasteiger partial charge in [-0.05, 0) is 48.2 Å². The highest BCUT2D eigenvalue weighted by Crippen LogP contribution is 2.27. The molecule has 1 amide bonds. The minimum absolute atomic E-state index is 0.0895. The van der Waals surface area contributed by atoms with Gasteiger partial charge in [0, 0.05) is 6.54 Å². The van der Waals surface area contributed by atoms with Crippen molar-refractivity contribution in [3.8, 4) is 17.6 Å². The van der Waals surface area contributed by atoms with E-state index in [0.717, 1.165) is 16.7 Å². The van der Waals surface area contributed by atoms with E-state index in [2.05, 4.69) is 5.32 Å². The molecule has 0 aliphatic carbocycles. The molecule has 0 saturated carbocycles. The summed E-state index contributed by atoms with van der Waals surface area (Å²) in [6.45, 7) is 2.36. The van der Waals surface area contributed by atoms with Gasteiger partial charge in [-0.15, -0.1) is 0 Å². The second kappa shape index (κ2) is 9.28. The van der Waals surface area contributed by atoms with Gasteiger partial charge in [0.05, 0.1) is 14.2 Å². The lowest BCUT2D eigenvalue weighted by Crippen LogP contribution is -2.26. The van der Waals surface area contributed by atoms with Gasteiger partial charge in [-0.1, -0.05) is 30.3 Å². The molecule has 2 aromatic carbocycles. The Hall–Kier alpha value is -3.26. The van der Waals surface area contributed by atoms with Gasteiger partial charge >= 0.3 is 0 Å². The van der Waals surface area contributed by atoms with Crippen LogP contribution in [-0.2, 0) is 11.2 Å². The molecule has 1 N–H and O–H groups in total. The number of benzene rings is 2. The van der Waals surface area contributed by atoms with Crippen LogP contribution in [0.5, 0.6) is 11.5 Å². The predicted molar refractivity (Wildman–Crippen MR) is 101 cm³/mol. The van der Waals surface area contributed by atoms with Gasteiger partial charge in [-0.2, -0.15) is 5.26 Å². The summed E-state index contributed by atoms with van der Waals surface area (Å²) in [6, 6.07) is 15.2. The van der Waals surface area contributed by atoms with Crippen LogP contribution in [0.25, 0.3) is 6.08 Å². The average Bonchev–Trinajstić information content (AvgIpc) is 2.67. The molecule has 0 atom stereocenters. The number of amides is 1. The lowest BCUT2D eigenvalue weighted by molar-refractivity contribution is -0.117. The zero-order chi connectivity index (χ0) is 18.9. The number of hydrogen-bond acceptors (Lipinski definition) is 4. The van der Waals surface area contributed by atoms with E-state index in [-0.39, 0.29) is 11.5 Å². The molecule has 5 heteroatoms. The SMILES string of the molecule is COc1ccc(CCNC(=O)/C(C#N)=C/c2ccccc2C)cc1OC. The van der Waals surface area contributed by atoms with Crippen LogP contribution >= 0.6 is 0 Å². The topological polar surface area (TPSA) is 71.3 Å². The second-order valence-corrected chi connectivity index (χ2v) is 5.72. The van der Waals surface area contributed by atoms with Gasteiger partial charge in [0.15, 0.2) is 11.5 Å². The van der Waals surface area contributed by atoms with Crippen LogP contribution in [-0.4, -0.2) is 26.7 Å². The molecule has 134 valence electrons. The van der Waals surface area contributed by atoms with E-state index in [1.54, 1.807) is 20.3 Å². The van der Waals surface area contributed by atoms with Crippen molar-refractivity contribution in [2.24, 2.45) is 0 Å². The zero-order valence-corrected chi connectivity index (χ0v) is 15.2. The minimum Gasteiger partial charge on any atom is -0.493 e. The van der Waals surface area contributed by atoms with Crippen molar-refractivity contribution in [2.45, 2.75) is 13.3 Å². The second-order valence-electron chi connectivity index (χ2n) is 5.72. The van der Waals surface area contributed by atoms with Crippen molar-refractivity contribution in [3.63, 3.8) is 0 Å². The summed E-state index contributed by atoms with van der Waals surface area (Å²) >= 11 is 0. The lowest BCUT2D eigenvalue weighted by atomic mass is 10.1. The highest BCUT2D eigenvalue weighted by Gasteiger charge is 2.10. The number of methoxy groups -OCH3 is 2. The fraction of sp³-hybridized carbons (Fsp3) is 0.238. The van der Waals surface area contributed by atoms with Gasteiger partial charge in [0.2, 0.25) is 0 Å². The highest BCUT2D eigenvalue weighted by atomic mass is 16.5. The summed E-state index contributed by atoms with van der Waals surface area (Å²) in [5, 5.41) is 12.1. The summed E-state index contributed by atoms with van der Waals surface area (Å²) in [6.07, 6.45) is 2.23. The number of carbonyl (C=O) groups is 1. The maximum atomic E-state index is 12.3. The van der Waals surface area contributed by atoms with E-state index in [1.807, 2.05) is 55.5 Å². The molecule has 0 aliphatic rings. The maximum Gasteiger partial charge on any atom is 0.261 e. The van der Waals surface area contributed by atoms with E-state index < -0.39 is 0 Å². The number of hydrogen-bond donors (Lipinski definition) is 1. The van der Waals surface area contributed by atoms with E-state index in [1.165, 1.54) is 0 Å². The van der Waals surface area contributed by atoms with E-state index in [0.29, 0.717) is 24.5 Å². The molecule has 0 heterocycles. The average molecular weight is 350 g/mol. The van der Waals surface area contributed by atoms with Crippen molar-refractivity contribution in [3.05, 3.63) is 64.7 Å². The number of aryl methyl sites for hydroxylation is 1. The van der Waals surface area contributed by atoms with Crippen LogP contribution < -0.4 is 14.8 Å². The maximum absolute atomic E-state index is 12.3. The minimum atomic E-state index is -0.378.